The van der Waals surface area contributed by atoms with Gasteiger partial charge in [-0.2, -0.15) is 0 Å². The van der Waals surface area contributed by atoms with Crippen molar-refractivity contribution in [3.8, 4) is 0 Å². The molecule has 5 nitrogen and oxygen atoms in total. The van der Waals surface area contributed by atoms with Crippen LogP contribution in [0, 0.1) is 39.4 Å². The van der Waals surface area contributed by atoms with Crippen LogP contribution < -0.4 is 0 Å². The van der Waals surface area contributed by atoms with Gasteiger partial charge in [-0.25, -0.2) is 0 Å². The van der Waals surface area contributed by atoms with E-state index >= 15 is 0 Å². The van der Waals surface area contributed by atoms with E-state index in [1.165, 1.54) is 13.2 Å². The van der Waals surface area contributed by atoms with Gasteiger partial charge in [-0.05, 0) is 73.2 Å². The number of aldehydes is 2. The fourth-order valence-electron chi connectivity index (χ4n) is 8.56. The molecule has 0 spiro atoms. The van der Waals surface area contributed by atoms with Crippen LogP contribution in [-0.2, 0) is 19.1 Å². The summed E-state index contributed by atoms with van der Waals surface area (Å²) in [6.45, 7) is 10.4. The van der Waals surface area contributed by atoms with E-state index in [0.717, 1.165) is 50.4 Å². The van der Waals surface area contributed by atoms with Crippen LogP contribution in [0.25, 0.3) is 0 Å². The summed E-state index contributed by atoms with van der Waals surface area (Å²) in [4.78, 5) is 36.6. The fourth-order valence-corrected chi connectivity index (χ4v) is 8.56. The van der Waals surface area contributed by atoms with E-state index < -0.39 is 11.5 Å². The van der Waals surface area contributed by atoms with Gasteiger partial charge in [0.05, 0.1) is 12.5 Å². The third-order valence-corrected chi connectivity index (χ3v) is 10.0. The van der Waals surface area contributed by atoms with Gasteiger partial charge in [-0.15, -0.1) is 0 Å². The van der Waals surface area contributed by atoms with Gasteiger partial charge < -0.3 is 18.7 Å². The number of hydrogen-bond acceptors (Lipinski definition) is 5. The van der Waals surface area contributed by atoms with Gasteiger partial charge in [0.2, 0.25) is 0 Å². The van der Waals surface area contributed by atoms with Crippen LogP contribution in [0.15, 0.2) is 23.0 Å². The van der Waals surface area contributed by atoms with E-state index in [1.54, 1.807) is 12.5 Å². The van der Waals surface area contributed by atoms with Crippen molar-refractivity contribution in [1.82, 2.24) is 0 Å². The largest absolute Gasteiger partial charge is 0.472 e. The monoisotopic (exact) mass is 442 g/mol. The van der Waals surface area contributed by atoms with Gasteiger partial charge in [-0.1, -0.05) is 34.1 Å². The number of ether oxygens (including phenoxy) is 1. The molecule has 0 saturated heterocycles. The maximum absolute atomic E-state index is 12.6. The van der Waals surface area contributed by atoms with E-state index in [-0.39, 0.29) is 28.1 Å². The fraction of sp³-hybridized carbons (Fsp3) is 0.741. The lowest BCUT2D eigenvalue weighted by molar-refractivity contribution is -0.154. The van der Waals surface area contributed by atoms with Gasteiger partial charge in [0, 0.05) is 23.3 Å². The summed E-state index contributed by atoms with van der Waals surface area (Å²) in [5.74, 6) is 0.468. The average Bonchev–Trinajstić information content (AvgIpc) is 3.35. The first-order chi connectivity index (χ1) is 15.0. The molecule has 1 heterocycles. The Labute approximate surface area is 191 Å². The van der Waals surface area contributed by atoms with Crippen molar-refractivity contribution in [3.05, 3.63) is 24.2 Å². The highest BCUT2D eigenvalue weighted by Crippen LogP contribution is 2.73. The van der Waals surface area contributed by atoms with Gasteiger partial charge in [-0.3, -0.25) is 4.79 Å². The van der Waals surface area contributed by atoms with Crippen LogP contribution in [0.3, 0.4) is 0 Å². The molecule has 1 aromatic rings. The van der Waals surface area contributed by atoms with Crippen LogP contribution >= 0.6 is 0 Å². The minimum Gasteiger partial charge on any atom is -0.472 e. The number of esters is 1. The Kier molecular flexibility index (Phi) is 5.70. The molecule has 0 N–H and O–H groups in total. The first kappa shape index (κ1) is 23.3. The summed E-state index contributed by atoms with van der Waals surface area (Å²) in [5.41, 5.74) is 0.0539. The molecule has 0 amide bonds. The molecule has 176 valence electrons. The van der Waals surface area contributed by atoms with E-state index in [0.29, 0.717) is 18.3 Å². The highest BCUT2D eigenvalue weighted by atomic mass is 16.5. The molecule has 5 heteroatoms. The first-order valence-electron chi connectivity index (χ1n) is 12.1. The molecule has 0 radical (unpaired) electrons. The second-order valence-corrected chi connectivity index (χ2v) is 11.9. The van der Waals surface area contributed by atoms with Crippen molar-refractivity contribution >= 4 is 18.5 Å². The van der Waals surface area contributed by atoms with Gasteiger partial charge in [0.25, 0.3) is 0 Å². The van der Waals surface area contributed by atoms with Crippen molar-refractivity contribution in [2.75, 3.05) is 0 Å². The number of fused-ring (bicyclic) bond motifs is 3. The normalized spacial score (nSPS) is 44.2. The Morgan fingerprint density at radius 2 is 1.81 bits per heavy atom. The minimum atomic E-state index is -0.492. The van der Waals surface area contributed by atoms with Gasteiger partial charge in [0.15, 0.2) is 0 Å². The molecular formula is C27H38O5. The lowest BCUT2D eigenvalue weighted by Gasteiger charge is -2.61. The lowest BCUT2D eigenvalue weighted by atomic mass is 9.43. The SMILES string of the molecule is CC(=O)OC(CC1C(C)(C=O)CC2C3(C)CCCC(C)(C=O)C3CCC12C)c1ccoc1. The smallest absolute Gasteiger partial charge is 0.303 e. The molecule has 3 aliphatic carbocycles. The van der Waals surface area contributed by atoms with E-state index in [2.05, 4.69) is 27.7 Å². The Bertz CT molecular complexity index is 877. The molecule has 32 heavy (non-hydrogen) atoms. The van der Waals surface area contributed by atoms with Crippen molar-refractivity contribution in [2.24, 2.45) is 39.4 Å². The molecule has 8 unspecified atom stereocenters. The molecule has 0 aliphatic heterocycles. The number of rotatable bonds is 6. The summed E-state index contributed by atoms with van der Waals surface area (Å²) < 4.78 is 11.0. The van der Waals surface area contributed by atoms with Crippen LogP contribution in [0.4, 0.5) is 0 Å². The third kappa shape index (κ3) is 3.38. The summed E-state index contributed by atoms with van der Waals surface area (Å²) >= 11 is 0. The van der Waals surface area contributed by atoms with E-state index in [9.17, 15) is 14.4 Å². The average molecular weight is 443 g/mol. The molecule has 1 aromatic heterocycles. The molecule has 0 bridgehead atoms. The maximum Gasteiger partial charge on any atom is 0.303 e. The Morgan fingerprint density at radius 1 is 1.09 bits per heavy atom. The van der Waals surface area contributed by atoms with Crippen molar-refractivity contribution in [3.63, 3.8) is 0 Å². The summed E-state index contributed by atoms with van der Waals surface area (Å²) in [7, 11) is 0. The van der Waals surface area contributed by atoms with Crippen LogP contribution in [0.5, 0.6) is 0 Å². The van der Waals surface area contributed by atoms with Crippen molar-refractivity contribution < 1.29 is 23.5 Å². The van der Waals surface area contributed by atoms with Crippen molar-refractivity contribution in [1.29, 1.82) is 0 Å². The topological polar surface area (TPSA) is 73.6 Å². The van der Waals surface area contributed by atoms with Crippen LogP contribution in [0.2, 0.25) is 0 Å². The predicted molar refractivity (Wildman–Crippen MR) is 121 cm³/mol. The molecule has 3 fully saturated rings. The Hall–Kier alpha value is -1.91. The van der Waals surface area contributed by atoms with Crippen LogP contribution in [0.1, 0.15) is 91.2 Å². The zero-order valence-electron chi connectivity index (χ0n) is 20.2. The summed E-state index contributed by atoms with van der Waals surface area (Å²) in [5, 5.41) is 0. The second-order valence-electron chi connectivity index (χ2n) is 11.9. The molecule has 8 atom stereocenters. The predicted octanol–water partition coefficient (Wildman–Crippen LogP) is 5.93. The standard InChI is InChI=1S/C27H38O5/c1-18(30)32-20(19-8-12-31-15-19)13-22-25(3,17-29)14-23-26(4)10-6-9-24(2,16-28)21(26)7-11-27(22,23)5/h8,12,15-17,20-23H,6-7,9-11,13-14H2,1-5H3. The Morgan fingerprint density at radius 3 is 2.41 bits per heavy atom. The highest BCUT2D eigenvalue weighted by Gasteiger charge is 2.67. The number of carbonyl (C=O) groups is 3. The number of carbonyl (C=O) groups excluding carboxylic acids is 3. The molecule has 4 rings (SSSR count). The zero-order chi connectivity index (χ0) is 23.4. The van der Waals surface area contributed by atoms with Crippen molar-refractivity contribution in [2.45, 2.75) is 85.7 Å². The number of hydrogen-bond donors (Lipinski definition) is 0. The third-order valence-electron chi connectivity index (χ3n) is 10.0. The van der Waals surface area contributed by atoms with Crippen LogP contribution in [-0.4, -0.2) is 18.5 Å². The first-order valence-corrected chi connectivity index (χ1v) is 12.1. The van der Waals surface area contributed by atoms with Gasteiger partial charge >= 0.3 is 5.97 Å². The second kappa shape index (κ2) is 7.85. The summed E-state index contributed by atoms with van der Waals surface area (Å²) in [6, 6.07) is 1.84. The lowest BCUT2D eigenvalue weighted by Crippen LogP contribution is -2.55. The zero-order valence-corrected chi connectivity index (χ0v) is 20.2. The quantitative estimate of drug-likeness (QED) is 0.403. The molecule has 3 aliphatic rings. The molecular weight excluding hydrogens is 404 g/mol. The molecule has 3 saturated carbocycles. The molecule has 0 aromatic carbocycles. The highest BCUT2D eigenvalue weighted by molar-refractivity contribution is 5.66. The maximum atomic E-state index is 12.6. The number of furan rings is 1. The minimum absolute atomic E-state index is 0.0342. The van der Waals surface area contributed by atoms with E-state index in [1.807, 2.05) is 6.07 Å². The summed E-state index contributed by atoms with van der Waals surface area (Å²) in [6.07, 6.45) is 11.7. The Balaban J connectivity index is 1.73. The van der Waals surface area contributed by atoms with E-state index in [4.69, 9.17) is 9.15 Å². The van der Waals surface area contributed by atoms with Gasteiger partial charge in [0.1, 0.15) is 18.7 Å².